The molecule has 0 amide bonds. The fourth-order valence-electron chi connectivity index (χ4n) is 2.51. The Labute approximate surface area is 153 Å². The first-order valence-electron chi connectivity index (χ1n) is 8.43. The third-order valence-corrected chi connectivity index (χ3v) is 3.92. The molecule has 0 aliphatic heterocycles. The van der Waals surface area contributed by atoms with Crippen molar-refractivity contribution in [1.29, 1.82) is 0 Å². The van der Waals surface area contributed by atoms with E-state index in [9.17, 15) is 0 Å². The highest BCUT2D eigenvalue weighted by molar-refractivity contribution is 5.44. The Morgan fingerprint density at radius 3 is 2.23 bits per heavy atom. The van der Waals surface area contributed by atoms with E-state index in [0.717, 1.165) is 25.4 Å². The molecule has 0 atom stereocenters. The summed E-state index contributed by atoms with van der Waals surface area (Å²) in [4.78, 5) is 4.03. The Kier molecular flexibility index (Phi) is 6.11. The van der Waals surface area contributed by atoms with Crippen LogP contribution in [0, 0.1) is 0 Å². The average molecular weight is 353 g/mol. The predicted octanol–water partition coefficient (Wildman–Crippen LogP) is 3.48. The molecule has 136 valence electrons. The van der Waals surface area contributed by atoms with Crippen LogP contribution in [-0.4, -0.2) is 30.3 Å². The van der Waals surface area contributed by atoms with Gasteiger partial charge in [-0.1, -0.05) is 12.1 Å². The maximum atomic E-state index is 5.90. The van der Waals surface area contributed by atoms with E-state index in [0.29, 0.717) is 17.2 Å². The summed E-state index contributed by atoms with van der Waals surface area (Å²) in [5.41, 5.74) is 1.20. The zero-order valence-corrected chi connectivity index (χ0v) is 15.0. The maximum Gasteiger partial charge on any atom is 0.134 e. The largest absolute Gasteiger partial charge is 0.496 e. The molecule has 3 rings (SSSR count). The number of hydrogen-bond acceptors (Lipinski definition) is 5. The number of methoxy groups -OCH3 is 2. The van der Waals surface area contributed by atoms with Gasteiger partial charge >= 0.3 is 0 Å². The number of nitrogens with zero attached hydrogens (tertiary/aromatic N) is 2. The van der Waals surface area contributed by atoms with Crippen LogP contribution in [0.25, 0.3) is 0 Å². The fraction of sp³-hybridized carbons (Fsp3) is 0.250. The minimum atomic E-state index is 0.674. The minimum absolute atomic E-state index is 0.674. The second-order valence-corrected chi connectivity index (χ2v) is 5.77. The van der Waals surface area contributed by atoms with Gasteiger partial charge in [-0.15, -0.1) is 0 Å². The summed E-state index contributed by atoms with van der Waals surface area (Å²) in [5, 5.41) is 3.42. The molecule has 0 radical (unpaired) electrons. The van der Waals surface area contributed by atoms with Gasteiger partial charge in [0.25, 0.3) is 0 Å². The van der Waals surface area contributed by atoms with Crippen LogP contribution in [-0.2, 0) is 13.1 Å². The van der Waals surface area contributed by atoms with Crippen LogP contribution in [0.4, 0.5) is 0 Å². The van der Waals surface area contributed by atoms with Crippen molar-refractivity contribution in [2.75, 3.05) is 20.8 Å². The number of benzene rings is 2. The summed E-state index contributed by atoms with van der Waals surface area (Å²) in [6.45, 7) is 2.60. The van der Waals surface area contributed by atoms with Crippen molar-refractivity contribution in [3.8, 4) is 23.0 Å². The van der Waals surface area contributed by atoms with Crippen LogP contribution in [0.3, 0.4) is 0 Å². The second-order valence-electron chi connectivity index (χ2n) is 5.77. The van der Waals surface area contributed by atoms with Crippen molar-refractivity contribution >= 4 is 0 Å². The molecule has 6 nitrogen and oxygen atoms in total. The smallest absolute Gasteiger partial charge is 0.134 e. The van der Waals surface area contributed by atoms with E-state index in [1.807, 2.05) is 47.4 Å². The van der Waals surface area contributed by atoms with E-state index in [1.54, 1.807) is 20.4 Å². The van der Waals surface area contributed by atoms with E-state index in [-0.39, 0.29) is 0 Å². The van der Waals surface area contributed by atoms with E-state index in [1.165, 1.54) is 5.56 Å². The Bertz CT molecular complexity index is 779. The third-order valence-electron chi connectivity index (χ3n) is 3.92. The van der Waals surface area contributed by atoms with E-state index in [2.05, 4.69) is 22.4 Å². The van der Waals surface area contributed by atoms with Crippen molar-refractivity contribution in [2.24, 2.45) is 0 Å². The van der Waals surface area contributed by atoms with Gasteiger partial charge in [0.15, 0.2) is 0 Å². The van der Waals surface area contributed by atoms with Crippen LogP contribution in [0.1, 0.15) is 5.56 Å². The number of aromatic nitrogens is 2. The molecular weight excluding hydrogens is 330 g/mol. The zero-order valence-electron chi connectivity index (χ0n) is 15.0. The van der Waals surface area contributed by atoms with Gasteiger partial charge in [0.2, 0.25) is 0 Å². The molecule has 0 saturated heterocycles. The molecule has 0 fully saturated rings. The molecule has 0 aliphatic carbocycles. The third kappa shape index (κ3) is 5.00. The fourth-order valence-corrected chi connectivity index (χ4v) is 2.51. The van der Waals surface area contributed by atoms with E-state index >= 15 is 0 Å². The summed E-state index contributed by atoms with van der Waals surface area (Å²) in [7, 11) is 3.24. The van der Waals surface area contributed by atoms with Crippen LogP contribution in [0.5, 0.6) is 23.0 Å². The normalized spacial score (nSPS) is 10.5. The number of hydrogen-bond donors (Lipinski definition) is 1. The highest BCUT2D eigenvalue weighted by atomic mass is 16.5. The van der Waals surface area contributed by atoms with Gasteiger partial charge in [-0.2, -0.15) is 0 Å². The Morgan fingerprint density at radius 1 is 0.923 bits per heavy atom. The molecule has 0 saturated carbocycles. The molecular formula is C20H23N3O3. The van der Waals surface area contributed by atoms with E-state index < -0.39 is 0 Å². The van der Waals surface area contributed by atoms with E-state index in [4.69, 9.17) is 14.2 Å². The van der Waals surface area contributed by atoms with Crippen LogP contribution in [0.2, 0.25) is 0 Å². The SMILES string of the molecule is COc1cc(OC)cc(Oc2ccc(CNCCn3ccnc3)cc2)c1. The molecule has 0 bridgehead atoms. The van der Waals surface area contributed by atoms with Crippen molar-refractivity contribution in [1.82, 2.24) is 14.9 Å². The standard InChI is InChI=1S/C20H23N3O3/c1-24-18-11-19(25-2)13-20(12-18)26-17-5-3-16(4-6-17)14-21-7-9-23-10-8-22-15-23/h3-6,8,10-13,15,21H,7,9,14H2,1-2H3. The predicted molar refractivity (Wildman–Crippen MR) is 100.0 cm³/mol. The van der Waals surface area contributed by atoms with Gasteiger partial charge in [0.05, 0.1) is 20.5 Å². The van der Waals surface area contributed by atoms with Crippen molar-refractivity contribution in [3.63, 3.8) is 0 Å². The van der Waals surface area contributed by atoms with Crippen LogP contribution < -0.4 is 19.5 Å². The Hall–Kier alpha value is -2.99. The average Bonchev–Trinajstić information content (AvgIpc) is 3.19. The molecule has 1 N–H and O–H groups in total. The Balaban J connectivity index is 1.52. The monoisotopic (exact) mass is 353 g/mol. The van der Waals surface area contributed by atoms with Gasteiger partial charge in [-0.05, 0) is 17.7 Å². The summed E-state index contributed by atoms with van der Waals surface area (Å²) in [5.74, 6) is 2.83. The van der Waals surface area contributed by atoms with Crippen LogP contribution >= 0.6 is 0 Å². The molecule has 3 aromatic rings. The molecule has 0 aliphatic rings. The van der Waals surface area contributed by atoms with Gasteiger partial charge < -0.3 is 24.1 Å². The van der Waals surface area contributed by atoms with Crippen LogP contribution in [0.15, 0.2) is 61.2 Å². The first kappa shape index (κ1) is 17.8. The summed E-state index contributed by atoms with van der Waals surface area (Å²) in [6.07, 6.45) is 5.57. The van der Waals surface area contributed by atoms with Gasteiger partial charge in [-0.25, -0.2) is 4.98 Å². The van der Waals surface area contributed by atoms with Crippen molar-refractivity contribution in [3.05, 3.63) is 66.7 Å². The molecule has 6 heteroatoms. The molecule has 0 unspecified atom stereocenters. The van der Waals surface area contributed by atoms with Crippen molar-refractivity contribution in [2.45, 2.75) is 13.1 Å². The second kappa shape index (κ2) is 8.92. The number of nitrogens with one attached hydrogen (secondary N) is 1. The summed E-state index contributed by atoms with van der Waals surface area (Å²) in [6, 6.07) is 13.5. The number of ether oxygens (including phenoxy) is 3. The number of imidazole rings is 1. The van der Waals surface area contributed by atoms with Crippen molar-refractivity contribution < 1.29 is 14.2 Å². The molecule has 26 heavy (non-hydrogen) atoms. The first-order chi connectivity index (χ1) is 12.8. The molecule has 1 aromatic heterocycles. The summed E-state index contributed by atoms with van der Waals surface area (Å²) < 4.78 is 18.5. The lowest BCUT2D eigenvalue weighted by molar-refractivity contribution is 0.386. The molecule has 2 aromatic carbocycles. The van der Waals surface area contributed by atoms with Gasteiger partial charge in [-0.3, -0.25) is 0 Å². The lowest BCUT2D eigenvalue weighted by atomic mass is 10.2. The molecule has 0 spiro atoms. The first-order valence-corrected chi connectivity index (χ1v) is 8.43. The quantitative estimate of drug-likeness (QED) is 0.597. The Morgan fingerprint density at radius 2 is 1.62 bits per heavy atom. The van der Waals surface area contributed by atoms with Gasteiger partial charge in [0, 0.05) is 50.2 Å². The lowest BCUT2D eigenvalue weighted by Crippen LogP contribution is -2.18. The highest BCUT2D eigenvalue weighted by Crippen LogP contribution is 2.30. The molecule has 1 heterocycles. The topological polar surface area (TPSA) is 57.5 Å². The summed E-state index contributed by atoms with van der Waals surface area (Å²) >= 11 is 0. The number of rotatable bonds is 9. The van der Waals surface area contributed by atoms with Gasteiger partial charge in [0.1, 0.15) is 23.0 Å². The highest BCUT2D eigenvalue weighted by Gasteiger charge is 2.04. The lowest BCUT2D eigenvalue weighted by Gasteiger charge is -2.11. The maximum absolute atomic E-state index is 5.90. The zero-order chi connectivity index (χ0) is 18.2. The minimum Gasteiger partial charge on any atom is -0.496 e.